The van der Waals surface area contributed by atoms with Crippen LogP contribution in [0.4, 0.5) is 0 Å². The van der Waals surface area contributed by atoms with Crippen LogP contribution in [0.1, 0.15) is 46.0 Å². The van der Waals surface area contributed by atoms with E-state index in [1.54, 1.807) is 0 Å². The molecule has 0 aromatic rings. The minimum absolute atomic E-state index is 0.131. The maximum Gasteiger partial charge on any atom is 0.0680 e. The summed E-state index contributed by atoms with van der Waals surface area (Å²) < 4.78 is 0. The van der Waals surface area contributed by atoms with E-state index in [1.165, 1.54) is 25.7 Å². The molecule has 3 unspecified atom stereocenters. The lowest BCUT2D eigenvalue weighted by Gasteiger charge is -2.17. The van der Waals surface area contributed by atoms with Crippen LogP contribution < -0.4 is 10.6 Å². The Morgan fingerprint density at radius 3 is 2.81 bits per heavy atom. The van der Waals surface area contributed by atoms with Gasteiger partial charge in [0, 0.05) is 19.1 Å². The zero-order valence-electron chi connectivity index (χ0n) is 10.8. The summed E-state index contributed by atoms with van der Waals surface area (Å²) in [6, 6.07) is 0.471. The molecule has 3 heteroatoms. The summed E-state index contributed by atoms with van der Waals surface area (Å²) in [6.45, 7) is 7.42. The molecule has 0 aliphatic carbocycles. The molecule has 1 heterocycles. The van der Waals surface area contributed by atoms with Gasteiger partial charge in [0.2, 0.25) is 0 Å². The van der Waals surface area contributed by atoms with Crippen LogP contribution in [0.25, 0.3) is 0 Å². The molecule has 3 nitrogen and oxygen atoms in total. The number of aliphatic hydroxyl groups is 1. The Balaban J connectivity index is 2.04. The van der Waals surface area contributed by atoms with Gasteiger partial charge in [-0.2, -0.15) is 0 Å². The molecule has 0 radical (unpaired) electrons. The second-order valence-corrected chi connectivity index (χ2v) is 5.07. The van der Waals surface area contributed by atoms with Crippen molar-refractivity contribution >= 4 is 0 Å². The first-order valence-electron chi connectivity index (χ1n) is 6.88. The molecule has 1 aliphatic rings. The van der Waals surface area contributed by atoms with E-state index in [2.05, 4.69) is 24.5 Å². The quantitative estimate of drug-likeness (QED) is 0.590. The predicted molar refractivity (Wildman–Crippen MR) is 68.6 cm³/mol. The molecule has 0 aromatic carbocycles. The zero-order valence-corrected chi connectivity index (χ0v) is 10.8. The van der Waals surface area contributed by atoms with Crippen LogP contribution in [0.2, 0.25) is 0 Å². The zero-order chi connectivity index (χ0) is 11.8. The molecule has 0 bridgehead atoms. The van der Waals surface area contributed by atoms with Gasteiger partial charge in [0.05, 0.1) is 6.10 Å². The van der Waals surface area contributed by atoms with Gasteiger partial charge < -0.3 is 15.7 Å². The lowest BCUT2D eigenvalue weighted by Crippen LogP contribution is -2.36. The van der Waals surface area contributed by atoms with Gasteiger partial charge in [0.1, 0.15) is 0 Å². The lowest BCUT2D eigenvalue weighted by atomic mass is 9.99. The number of unbranched alkanes of at least 4 members (excludes halogenated alkanes) is 1. The van der Waals surface area contributed by atoms with Gasteiger partial charge in [0.25, 0.3) is 0 Å². The second kappa shape index (κ2) is 8.04. The average Bonchev–Trinajstić information content (AvgIpc) is 2.69. The van der Waals surface area contributed by atoms with Gasteiger partial charge in [-0.25, -0.2) is 0 Å². The Morgan fingerprint density at radius 1 is 1.44 bits per heavy atom. The molecule has 1 fully saturated rings. The Hall–Kier alpha value is -0.120. The minimum atomic E-state index is -0.131. The van der Waals surface area contributed by atoms with Crippen LogP contribution in [0.3, 0.4) is 0 Å². The fourth-order valence-electron chi connectivity index (χ4n) is 2.36. The molecule has 1 aliphatic heterocycles. The molecule has 3 N–H and O–H groups in total. The van der Waals surface area contributed by atoms with Crippen LogP contribution >= 0.6 is 0 Å². The number of hydrogen-bond acceptors (Lipinski definition) is 3. The van der Waals surface area contributed by atoms with E-state index in [-0.39, 0.29) is 6.10 Å². The Morgan fingerprint density at radius 2 is 2.25 bits per heavy atom. The monoisotopic (exact) mass is 228 g/mol. The van der Waals surface area contributed by atoms with Crippen molar-refractivity contribution in [3.05, 3.63) is 0 Å². The molecule has 1 saturated heterocycles. The molecule has 1 rings (SSSR count). The van der Waals surface area contributed by atoms with Crippen LogP contribution in [-0.2, 0) is 0 Å². The molecule has 96 valence electrons. The van der Waals surface area contributed by atoms with E-state index >= 15 is 0 Å². The van der Waals surface area contributed by atoms with Gasteiger partial charge in [-0.3, -0.25) is 0 Å². The molecule has 0 saturated carbocycles. The molecule has 0 aromatic heterocycles. The Kier molecular flexibility index (Phi) is 7.01. The number of hydrogen-bond donors (Lipinski definition) is 3. The maximum absolute atomic E-state index is 9.38. The highest BCUT2D eigenvalue weighted by molar-refractivity contribution is 4.82. The maximum atomic E-state index is 9.38. The highest BCUT2D eigenvalue weighted by Gasteiger charge is 2.21. The highest BCUT2D eigenvalue weighted by Crippen LogP contribution is 2.11. The van der Waals surface area contributed by atoms with Crippen molar-refractivity contribution in [3.8, 4) is 0 Å². The Labute approximate surface area is 100 Å². The van der Waals surface area contributed by atoms with Crippen molar-refractivity contribution < 1.29 is 5.11 Å². The van der Waals surface area contributed by atoms with Gasteiger partial charge in [-0.15, -0.1) is 0 Å². The third-order valence-electron chi connectivity index (χ3n) is 3.57. The topological polar surface area (TPSA) is 44.3 Å². The first kappa shape index (κ1) is 13.9. The highest BCUT2D eigenvalue weighted by atomic mass is 16.3. The third-order valence-corrected chi connectivity index (χ3v) is 3.57. The van der Waals surface area contributed by atoms with Gasteiger partial charge >= 0.3 is 0 Å². The predicted octanol–water partition coefficient (Wildman–Crippen LogP) is 1.52. The summed E-state index contributed by atoms with van der Waals surface area (Å²) in [5.41, 5.74) is 0. The van der Waals surface area contributed by atoms with Gasteiger partial charge in [-0.05, 0) is 25.3 Å². The van der Waals surface area contributed by atoms with E-state index in [9.17, 15) is 5.11 Å². The average molecular weight is 228 g/mol. The fourth-order valence-corrected chi connectivity index (χ4v) is 2.36. The number of β-amino-alcohol motifs (C(OH)–C–C–N with tert-alkyl or cyclic N) is 1. The first-order chi connectivity index (χ1) is 7.76. The van der Waals surface area contributed by atoms with Crippen LogP contribution in [0.15, 0.2) is 0 Å². The molecule has 0 spiro atoms. The molecular formula is C13H28N2O. The van der Waals surface area contributed by atoms with Crippen molar-refractivity contribution in [1.29, 1.82) is 0 Å². The summed E-state index contributed by atoms with van der Waals surface area (Å²) in [5.74, 6) is 0.825. The van der Waals surface area contributed by atoms with Crippen molar-refractivity contribution in [2.45, 2.75) is 58.1 Å². The standard InChI is InChI=1S/C13H28N2O/c1-3-5-6-11(4-2)8-14-9-12-7-13(16)10-15-12/h11-16H,3-10H2,1-2H3. The van der Waals surface area contributed by atoms with E-state index in [0.717, 1.165) is 32.0 Å². The van der Waals surface area contributed by atoms with Gasteiger partial charge in [0.15, 0.2) is 0 Å². The summed E-state index contributed by atoms with van der Waals surface area (Å²) in [7, 11) is 0. The molecular weight excluding hydrogens is 200 g/mol. The molecule has 0 amide bonds. The fraction of sp³-hybridized carbons (Fsp3) is 1.00. The van der Waals surface area contributed by atoms with Crippen LogP contribution in [0.5, 0.6) is 0 Å². The molecule has 3 atom stereocenters. The number of aliphatic hydroxyl groups excluding tert-OH is 1. The third kappa shape index (κ3) is 5.28. The smallest absolute Gasteiger partial charge is 0.0680 e. The summed E-state index contributed by atoms with van der Waals surface area (Å²) in [5, 5.41) is 16.2. The number of nitrogens with one attached hydrogen (secondary N) is 2. The van der Waals surface area contributed by atoms with E-state index in [4.69, 9.17) is 0 Å². The largest absolute Gasteiger partial charge is 0.392 e. The summed E-state index contributed by atoms with van der Waals surface area (Å²) >= 11 is 0. The van der Waals surface area contributed by atoms with E-state index in [1.807, 2.05) is 0 Å². The SMILES string of the molecule is CCCCC(CC)CNCC1CC(O)CN1. The molecule has 16 heavy (non-hydrogen) atoms. The second-order valence-electron chi connectivity index (χ2n) is 5.07. The van der Waals surface area contributed by atoms with Crippen molar-refractivity contribution in [1.82, 2.24) is 10.6 Å². The van der Waals surface area contributed by atoms with Crippen molar-refractivity contribution in [2.24, 2.45) is 5.92 Å². The van der Waals surface area contributed by atoms with Crippen LogP contribution in [0, 0.1) is 5.92 Å². The van der Waals surface area contributed by atoms with Gasteiger partial charge in [-0.1, -0.05) is 33.1 Å². The minimum Gasteiger partial charge on any atom is -0.392 e. The normalized spacial score (nSPS) is 27.2. The van der Waals surface area contributed by atoms with Crippen molar-refractivity contribution in [2.75, 3.05) is 19.6 Å². The van der Waals surface area contributed by atoms with E-state index < -0.39 is 0 Å². The van der Waals surface area contributed by atoms with E-state index in [0.29, 0.717) is 6.04 Å². The Bertz CT molecular complexity index is 175. The van der Waals surface area contributed by atoms with Crippen molar-refractivity contribution in [3.63, 3.8) is 0 Å². The lowest BCUT2D eigenvalue weighted by molar-refractivity contribution is 0.193. The summed E-state index contributed by atoms with van der Waals surface area (Å²) in [6.07, 6.45) is 6.04. The first-order valence-corrected chi connectivity index (χ1v) is 6.88. The number of rotatable bonds is 8. The van der Waals surface area contributed by atoms with Crippen LogP contribution in [-0.4, -0.2) is 36.9 Å². The summed E-state index contributed by atoms with van der Waals surface area (Å²) in [4.78, 5) is 0.